The van der Waals surface area contributed by atoms with E-state index in [2.05, 4.69) is 41.5 Å². The molecule has 0 radical (unpaired) electrons. The predicted octanol–water partition coefficient (Wildman–Crippen LogP) is 18.4. The van der Waals surface area contributed by atoms with Gasteiger partial charge in [-0.25, -0.2) is 9.13 Å². The van der Waals surface area contributed by atoms with E-state index in [0.29, 0.717) is 25.7 Å². The number of carbonyl (C=O) groups excluding carboxylic acids is 4. The first-order chi connectivity index (χ1) is 40.9. The maximum atomic E-state index is 13.0. The quantitative estimate of drug-likeness (QED) is 0.0222. The second kappa shape index (κ2) is 58.4. The number of phosphoric ester groups is 2. The van der Waals surface area contributed by atoms with Crippen LogP contribution in [0, 0.1) is 11.8 Å². The predicted molar refractivity (Wildman–Crippen MR) is 340 cm³/mol. The second-order valence-corrected chi connectivity index (χ2v) is 27.7. The largest absolute Gasteiger partial charge is 0.472 e. The smallest absolute Gasteiger partial charge is 0.462 e. The molecule has 0 amide bonds. The fraction of sp³-hybridized carbons (Fsp3) is 0.939. The maximum absolute atomic E-state index is 13.0. The minimum atomic E-state index is -4.95. The SMILES string of the molecule is CCCCCCCCCCCCCCCCCCC(=O)O[C@H](COC(=O)CCCCCCCCCCC(C)C)COP(=O)(O)OC[C@@H](O)COP(=O)(O)OC[C@@H](COC(=O)CCCCCCCCC)OC(=O)CCCCCCCCCCC(C)C. The van der Waals surface area contributed by atoms with Crippen LogP contribution in [-0.4, -0.2) is 96.7 Å². The lowest BCUT2D eigenvalue weighted by molar-refractivity contribution is -0.161. The van der Waals surface area contributed by atoms with Crippen LogP contribution in [0.15, 0.2) is 0 Å². The van der Waals surface area contributed by atoms with Gasteiger partial charge in [-0.15, -0.1) is 0 Å². The molecule has 0 aromatic rings. The molecule has 0 rings (SSSR count). The van der Waals surface area contributed by atoms with Crippen LogP contribution in [0.5, 0.6) is 0 Å². The van der Waals surface area contributed by atoms with Gasteiger partial charge in [-0.2, -0.15) is 0 Å². The number of aliphatic hydroxyl groups excluding tert-OH is 1. The van der Waals surface area contributed by atoms with Crippen molar-refractivity contribution in [3.05, 3.63) is 0 Å². The Balaban J connectivity index is 5.20. The van der Waals surface area contributed by atoms with Gasteiger partial charge < -0.3 is 33.8 Å². The summed E-state index contributed by atoms with van der Waals surface area (Å²) in [5.41, 5.74) is 0. The lowest BCUT2D eigenvalue weighted by Gasteiger charge is -2.21. The summed E-state index contributed by atoms with van der Waals surface area (Å²) < 4.78 is 68.0. The molecule has 0 bridgehead atoms. The highest BCUT2D eigenvalue weighted by Gasteiger charge is 2.30. The van der Waals surface area contributed by atoms with Crippen LogP contribution in [0.1, 0.15) is 330 Å². The third kappa shape index (κ3) is 60.7. The molecular formula is C66H128O17P2. The molecule has 0 aliphatic rings. The summed E-state index contributed by atoms with van der Waals surface area (Å²) in [6.07, 6.45) is 41.9. The summed E-state index contributed by atoms with van der Waals surface area (Å²) in [5, 5.41) is 10.5. The molecule has 0 spiro atoms. The monoisotopic (exact) mass is 1250 g/mol. The molecule has 0 saturated carbocycles. The zero-order chi connectivity index (χ0) is 62.9. The van der Waals surface area contributed by atoms with Crippen LogP contribution in [0.3, 0.4) is 0 Å². The van der Waals surface area contributed by atoms with E-state index in [4.69, 9.17) is 37.0 Å². The zero-order valence-corrected chi connectivity index (χ0v) is 56.7. The topological polar surface area (TPSA) is 237 Å². The summed E-state index contributed by atoms with van der Waals surface area (Å²) in [6.45, 7) is 9.40. The minimum absolute atomic E-state index is 0.104. The highest BCUT2D eigenvalue weighted by atomic mass is 31.2. The number of aliphatic hydroxyl groups is 1. The Labute approximate surface area is 517 Å². The van der Waals surface area contributed by atoms with Gasteiger partial charge in [0.05, 0.1) is 26.4 Å². The molecule has 3 N–H and O–H groups in total. The van der Waals surface area contributed by atoms with Gasteiger partial charge in [-0.05, 0) is 37.5 Å². The Morgan fingerprint density at radius 3 is 0.800 bits per heavy atom. The van der Waals surface area contributed by atoms with Crippen LogP contribution in [0.4, 0.5) is 0 Å². The van der Waals surface area contributed by atoms with E-state index in [1.165, 1.54) is 135 Å². The average molecular weight is 1260 g/mol. The molecule has 0 fully saturated rings. The van der Waals surface area contributed by atoms with Crippen molar-refractivity contribution in [1.82, 2.24) is 0 Å². The Kier molecular flexibility index (Phi) is 57.1. The van der Waals surface area contributed by atoms with Crippen molar-refractivity contribution in [1.29, 1.82) is 0 Å². The van der Waals surface area contributed by atoms with E-state index in [1.54, 1.807) is 0 Å². The zero-order valence-electron chi connectivity index (χ0n) is 54.9. The van der Waals surface area contributed by atoms with Crippen LogP contribution in [-0.2, 0) is 65.4 Å². The highest BCUT2D eigenvalue weighted by Crippen LogP contribution is 2.45. The molecule has 5 atom stereocenters. The third-order valence-corrected chi connectivity index (χ3v) is 17.1. The first-order valence-corrected chi connectivity index (χ1v) is 37.5. The van der Waals surface area contributed by atoms with E-state index in [9.17, 15) is 43.2 Å². The Morgan fingerprint density at radius 1 is 0.318 bits per heavy atom. The molecule has 0 aliphatic heterocycles. The van der Waals surface area contributed by atoms with Crippen LogP contribution < -0.4 is 0 Å². The van der Waals surface area contributed by atoms with Gasteiger partial charge in [0.15, 0.2) is 12.2 Å². The van der Waals surface area contributed by atoms with E-state index < -0.39 is 97.5 Å². The maximum Gasteiger partial charge on any atom is 0.472 e. The number of hydrogen-bond acceptors (Lipinski definition) is 15. The van der Waals surface area contributed by atoms with Gasteiger partial charge in [-0.1, -0.05) is 279 Å². The lowest BCUT2D eigenvalue weighted by atomic mass is 10.0. The average Bonchev–Trinajstić information content (AvgIpc) is 3.58. The van der Waals surface area contributed by atoms with Gasteiger partial charge in [0.25, 0.3) is 0 Å². The Morgan fingerprint density at radius 2 is 0.541 bits per heavy atom. The van der Waals surface area contributed by atoms with E-state index >= 15 is 0 Å². The molecule has 0 saturated heterocycles. The van der Waals surface area contributed by atoms with Crippen LogP contribution in [0.2, 0.25) is 0 Å². The van der Waals surface area contributed by atoms with E-state index in [1.807, 2.05) is 0 Å². The fourth-order valence-corrected chi connectivity index (χ4v) is 11.5. The molecule has 85 heavy (non-hydrogen) atoms. The van der Waals surface area contributed by atoms with E-state index in [-0.39, 0.29) is 25.7 Å². The standard InChI is InChI=1S/C66H128O17P2/c1-7-9-11-13-15-16-17-18-19-20-21-22-23-32-38-44-50-65(70)82-62(55-77-64(69)49-43-37-31-26-24-29-34-40-46-58(3)4)57-81-85(74,75)79-53-60(67)52-78-84(72,73)80-56-61(54-76-63(68)48-42-36-28-14-12-10-8-2)83-66(71)51-45-39-33-27-25-30-35-41-47-59(5)6/h58-62,67H,7-57H2,1-6H3,(H,72,73)(H,74,75)/t60-,61+,62+/m0/s1. The van der Waals surface area contributed by atoms with Crippen molar-refractivity contribution in [3.8, 4) is 0 Å². The minimum Gasteiger partial charge on any atom is -0.462 e. The van der Waals surface area contributed by atoms with Gasteiger partial charge in [0, 0.05) is 25.7 Å². The highest BCUT2D eigenvalue weighted by molar-refractivity contribution is 7.47. The van der Waals surface area contributed by atoms with Gasteiger partial charge in [-0.3, -0.25) is 37.3 Å². The van der Waals surface area contributed by atoms with Gasteiger partial charge in [0.2, 0.25) is 0 Å². The Bertz CT molecular complexity index is 1670. The normalized spacial score (nSPS) is 14.2. The fourth-order valence-electron chi connectivity index (χ4n) is 9.88. The number of esters is 4. The second-order valence-electron chi connectivity index (χ2n) is 24.8. The molecule has 504 valence electrons. The first kappa shape index (κ1) is 83.1. The summed E-state index contributed by atoms with van der Waals surface area (Å²) in [4.78, 5) is 72.2. The van der Waals surface area contributed by atoms with Crippen molar-refractivity contribution in [2.45, 2.75) is 349 Å². The van der Waals surface area contributed by atoms with Gasteiger partial charge >= 0.3 is 39.5 Å². The number of hydrogen-bond donors (Lipinski definition) is 3. The number of phosphoric acid groups is 2. The third-order valence-electron chi connectivity index (χ3n) is 15.2. The summed E-state index contributed by atoms with van der Waals surface area (Å²) in [5.74, 6) is -0.691. The first-order valence-electron chi connectivity index (χ1n) is 34.5. The molecule has 17 nitrogen and oxygen atoms in total. The molecule has 19 heteroatoms. The van der Waals surface area contributed by atoms with E-state index in [0.717, 1.165) is 115 Å². The lowest BCUT2D eigenvalue weighted by Crippen LogP contribution is -2.30. The van der Waals surface area contributed by atoms with Crippen LogP contribution in [0.25, 0.3) is 0 Å². The van der Waals surface area contributed by atoms with Crippen molar-refractivity contribution < 1.29 is 80.2 Å². The van der Waals surface area contributed by atoms with Crippen LogP contribution >= 0.6 is 15.6 Å². The van der Waals surface area contributed by atoms with Crippen molar-refractivity contribution in [2.24, 2.45) is 11.8 Å². The molecule has 0 heterocycles. The molecule has 0 aromatic carbocycles. The molecule has 2 unspecified atom stereocenters. The van der Waals surface area contributed by atoms with Crippen molar-refractivity contribution in [3.63, 3.8) is 0 Å². The van der Waals surface area contributed by atoms with Gasteiger partial charge in [0.1, 0.15) is 19.3 Å². The summed E-state index contributed by atoms with van der Waals surface area (Å²) >= 11 is 0. The number of ether oxygens (including phenoxy) is 4. The molecular weight excluding hydrogens is 1130 g/mol. The summed E-state index contributed by atoms with van der Waals surface area (Å²) in [6, 6.07) is 0. The van der Waals surface area contributed by atoms with Crippen molar-refractivity contribution in [2.75, 3.05) is 39.6 Å². The molecule has 0 aromatic heterocycles. The number of rotatable bonds is 65. The number of carbonyl (C=O) groups is 4. The van der Waals surface area contributed by atoms with Crippen molar-refractivity contribution >= 4 is 39.5 Å². The number of unbranched alkanes of at least 4 members (excludes halogenated alkanes) is 35. The Hall–Kier alpha value is -1.94. The molecule has 0 aliphatic carbocycles. The summed E-state index contributed by atoms with van der Waals surface area (Å²) in [7, 11) is -9.89.